The summed E-state index contributed by atoms with van der Waals surface area (Å²) < 4.78 is 10.8. The van der Waals surface area contributed by atoms with Gasteiger partial charge in [0, 0.05) is 18.2 Å². The molecule has 0 unspecified atom stereocenters. The van der Waals surface area contributed by atoms with Gasteiger partial charge in [-0.3, -0.25) is 10.1 Å². The number of anilines is 1. The Balaban J connectivity index is 2.43. The largest absolute Gasteiger partial charge is 0.486 e. The van der Waals surface area contributed by atoms with Crippen molar-refractivity contribution in [2.24, 2.45) is 5.73 Å². The van der Waals surface area contributed by atoms with E-state index in [0.29, 0.717) is 36.9 Å². The van der Waals surface area contributed by atoms with Gasteiger partial charge in [-0.05, 0) is 13.8 Å². The summed E-state index contributed by atoms with van der Waals surface area (Å²) in [5, 5.41) is 14.2. The van der Waals surface area contributed by atoms with Crippen molar-refractivity contribution in [3.05, 3.63) is 22.2 Å². The summed E-state index contributed by atoms with van der Waals surface area (Å²) >= 11 is 0. The second kappa shape index (κ2) is 4.93. The molecule has 0 aliphatic carbocycles. The zero-order chi connectivity index (χ0) is 14.0. The summed E-state index contributed by atoms with van der Waals surface area (Å²) in [5.74, 6) is 0.904. The third-order valence-electron chi connectivity index (χ3n) is 2.84. The van der Waals surface area contributed by atoms with Crippen LogP contribution in [0.3, 0.4) is 0 Å². The Morgan fingerprint density at radius 3 is 2.47 bits per heavy atom. The normalized spacial score (nSPS) is 14.1. The van der Waals surface area contributed by atoms with Gasteiger partial charge in [0.1, 0.15) is 18.9 Å². The molecule has 1 aliphatic rings. The Hall–Kier alpha value is -2.02. The summed E-state index contributed by atoms with van der Waals surface area (Å²) in [6, 6.07) is 2.97. The number of nitro groups is 1. The Bertz CT molecular complexity index is 502. The first kappa shape index (κ1) is 13.4. The predicted molar refractivity (Wildman–Crippen MR) is 70.8 cm³/mol. The highest BCUT2D eigenvalue weighted by atomic mass is 16.6. The molecule has 1 heterocycles. The van der Waals surface area contributed by atoms with Crippen molar-refractivity contribution in [2.45, 2.75) is 19.4 Å². The molecule has 0 spiro atoms. The summed E-state index contributed by atoms with van der Waals surface area (Å²) in [6.45, 7) is 4.91. The van der Waals surface area contributed by atoms with E-state index in [1.165, 1.54) is 6.07 Å². The quantitative estimate of drug-likeness (QED) is 0.633. The molecule has 0 saturated carbocycles. The first-order valence-electron chi connectivity index (χ1n) is 5.99. The Kier molecular flexibility index (Phi) is 3.48. The van der Waals surface area contributed by atoms with E-state index < -0.39 is 10.5 Å². The third-order valence-corrected chi connectivity index (χ3v) is 2.84. The van der Waals surface area contributed by atoms with Crippen LogP contribution in [0.4, 0.5) is 11.4 Å². The van der Waals surface area contributed by atoms with E-state index in [1.807, 2.05) is 13.8 Å². The minimum atomic E-state index is -0.451. The molecule has 0 saturated heterocycles. The van der Waals surface area contributed by atoms with Crippen LogP contribution in [0.15, 0.2) is 12.1 Å². The zero-order valence-corrected chi connectivity index (χ0v) is 10.9. The number of ether oxygens (including phenoxy) is 2. The molecule has 0 bridgehead atoms. The molecule has 0 atom stereocenters. The predicted octanol–water partition coefficient (Wildman–Crippen LogP) is 1.52. The Labute approximate surface area is 110 Å². The number of hydrogen-bond acceptors (Lipinski definition) is 6. The Morgan fingerprint density at radius 2 is 1.95 bits per heavy atom. The van der Waals surface area contributed by atoms with E-state index in [2.05, 4.69) is 5.32 Å². The van der Waals surface area contributed by atoms with Crippen LogP contribution in [-0.2, 0) is 0 Å². The minimum absolute atomic E-state index is 0.0502. The van der Waals surface area contributed by atoms with Crippen molar-refractivity contribution < 1.29 is 14.4 Å². The lowest BCUT2D eigenvalue weighted by Crippen LogP contribution is -2.39. The van der Waals surface area contributed by atoms with Crippen molar-refractivity contribution in [3.63, 3.8) is 0 Å². The SMILES string of the molecule is CC(C)(CN)Nc1cc2c(cc1[N+](=O)[O-])OCCO2. The van der Waals surface area contributed by atoms with Gasteiger partial charge < -0.3 is 20.5 Å². The van der Waals surface area contributed by atoms with Crippen molar-refractivity contribution in [3.8, 4) is 11.5 Å². The number of benzene rings is 1. The van der Waals surface area contributed by atoms with Crippen LogP contribution in [0.1, 0.15) is 13.8 Å². The van der Waals surface area contributed by atoms with E-state index in [4.69, 9.17) is 15.2 Å². The maximum atomic E-state index is 11.1. The first-order chi connectivity index (χ1) is 8.93. The first-order valence-corrected chi connectivity index (χ1v) is 5.99. The molecule has 2 rings (SSSR count). The van der Waals surface area contributed by atoms with Crippen molar-refractivity contribution in [1.29, 1.82) is 0 Å². The van der Waals surface area contributed by atoms with Gasteiger partial charge in [0.2, 0.25) is 0 Å². The number of hydrogen-bond donors (Lipinski definition) is 2. The standard InChI is InChI=1S/C12H17N3O4/c1-12(2,7-13)14-8-5-10-11(19-4-3-18-10)6-9(8)15(16)17/h5-6,14H,3-4,7,13H2,1-2H3. The van der Waals surface area contributed by atoms with Crippen molar-refractivity contribution in [2.75, 3.05) is 25.1 Å². The molecular formula is C12H17N3O4. The van der Waals surface area contributed by atoms with Crippen LogP contribution >= 0.6 is 0 Å². The molecule has 104 valence electrons. The number of nitrogens with two attached hydrogens (primary N) is 1. The zero-order valence-electron chi connectivity index (χ0n) is 10.9. The molecule has 1 aliphatic heterocycles. The fourth-order valence-corrected chi connectivity index (χ4v) is 1.74. The third kappa shape index (κ3) is 2.87. The van der Waals surface area contributed by atoms with Gasteiger partial charge in [-0.25, -0.2) is 0 Å². The van der Waals surface area contributed by atoms with Crippen LogP contribution in [-0.4, -0.2) is 30.2 Å². The van der Waals surface area contributed by atoms with Gasteiger partial charge in [-0.15, -0.1) is 0 Å². The van der Waals surface area contributed by atoms with Gasteiger partial charge in [-0.1, -0.05) is 0 Å². The number of nitrogens with one attached hydrogen (secondary N) is 1. The lowest BCUT2D eigenvalue weighted by atomic mass is 10.1. The fourth-order valence-electron chi connectivity index (χ4n) is 1.74. The smallest absolute Gasteiger partial charge is 0.296 e. The average Bonchev–Trinajstić information content (AvgIpc) is 2.37. The molecule has 0 aromatic heterocycles. The second-order valence-corrected chi connectivity index (χ2v) is 4.98. The molecule has 7 nitrogen and oxygen atoms in total. The van der Waals surface area contributed by atoms with E-state index >= 15 is 0 Å². The summed E-state index contributed by atoms with van der Waals surface area (Å²) in [4.78, 5) is 10.7. The van der Waals surface area contributed by atoms with Crippen LogP contribution < -0.4 is 20.5 Å². The lowest BCUT2D eigenvalue weighted by molar-refractivity contribution is -0.384. The highest BCUT2D eigenvalue weighted by molar-refractivity contribution is 5.69. The van der Waals surface area contributed by atoms with Crippen LogP contribution in [0.5, 0.6) is 11.5 Å². The number of rotatable bonds is 4. The molecule has 0 fully saturated rings. The number of fused-ring (bicyclic) bond motifs is 1. The summed E-state index contributed by atoms with van der Waals surface area (Å²) in [6.07, 6.45) is 0. The summed E-state index contributed by atoms with van der Waals surface area (Å²) in [7, 11) is 0. The highest BCUT2D eigenvalue weighted by Gasteiger charge is 2.25. The van der Waals surface area contributed by atoms with E-state index in [-0.39, 0.29) is 5.69 Å². The Morgan fingerprint density at radius 1 is 1.37 bits per heavy atom. The molecule has 3 N–H and O–H groups in total. The molecule has 0 amide bonds. The number of nitrogens with zero attached hydrogens (tertiary/aromatic N) is 1. The van der Waals surface area contributed by atoms with Crippen LogP contribution in [0.2, 0.25) is 0 Å². The van der Waals surface area contributed by atoms with Gasteiger partial charge >= 0.3 is 0 Å². The monoisotopic (exact) mass is 267 g/mol. The van der Waals surface area contributed by atoms with Crippen molar-refractivity contribution >= 4 is 11.4 Å². The van der Waals surface area contributed by atoms with E-state index in [9.17, 15) is 10.1 Å². The molecule has 1 aromatic rings. The van der Waals surface area contributed by atoms with Crippen molar-refractivity contribution in [1.82, 2.24) is 0 Å². The summed E-state index contributed by atoms with van der Waals surface area (Å²) in [5.41, 5.74) is 5.51. The van der Waals surface area contributed by atoms with E-state index in [0.717, 1.165) is 0 Å². The van der Waals surface area contributed by atoms with Gasteiger partial charge in [0.25, 0.3) is 5.69 Å². The second-order valence-electron chi connectivity index (χ2n) is 4.98. The molecular weight excluding hydrogens is 250 g/mol. The fraction of sp³-hybridized carbons (Fsp3) is 0.500. The molecule has 0 radical (unpaired) electrons. The van der Waals surface area contributed by atoms with Crippen LogP contribution in [0.25, 0.3) is 0 Å². The molecule has 7 heteroatoms. The molecule has 19 heavy (non-hydrogen) atoms. The minimum Gasteiger partial charge on any atom is -0.486 e. The number of nitro benzene ring substituents is 1. The van der Waals surface area contributed by atoms with E-state index in [1.54, 1.807) is 6.07 Å². The van der Waals surface area contributed by atoms with Gasteiger partial charge in [-0.2, -0.15) is 0 Å². The highest BCUT2D eigenvalue weighted by Crippen LogP contribution is 2.40. The topological polar surface area (TPSA) is 99.7 Å². The van der Waals surface area contributed by atoms with Crippen LogP contribution in [0, 0.1) is 10.1 Å². The van der Waals surface area contributed by atoms with Gasteiger partial charge in [0.05, 0.1) is 11.0 Å². The average molecular weight is 267 g/mol. The lowest BCUT2D eigenvalue weighted by Gasteiger charge is -2.26. The maximum absolute atomic E-state index is 11.1. The molecule has 1 aromatic carbocycles. The maximum Gasteiger partial charge on any atom is 0.296 e. The van der Waals surface area contributed by atoms with Gasteiger partial charge in [0.15, 0.2) is 11.5 Å².